The van der Waals surface area contributed by atoms with E-state index in [1.807, 2.05) is 0 Å². The summed E-state index contributed by atoms with van der Waals surface area (Å²) in [5.41, 5.74) is 5.02. The number of rotatable bonds is 2. The molecule has 0 aromatic heterocycles. The van der Waals surface area contributed by atoms with Gasteiger partial charge in [0.15, 0.2) is 10.1 Å². The predicted molar refractivity (Wildman–Crippen MR) is 34.2 cm³/mol. The summed E-state index contributed by atoms with van der Waals surface area (Å²) in [6, 6.07) is 0. The van der Waals surface area contributed by atoms with Crippen LogP contribution in [0, 0.1) is 0 Å². The van der Waals surface area contributed by atoms with Gasteiger partial charge in [0, 0.05) is 6.54 Å². The molecule has 0 aromatic carbocycles. The Balaban J connectivity index is 3.91. The number of Topliss-reactive ketones (excluding diaryl/α,β-unsaturated/α-hetero) is 1. The molecule has 48 valence electrons. The first-order chi connectivity index (χ1) is 3.50. The van der Waals surface area contributed by atoms with E-state index in [1.54, 1.807) is 0 Å². The Labute approximate surface area is 57.9 Å². The van der Waals surface area contributed by atoms with E-state index in [1.165, 1.54) is 6.92 Å². The van der Waals surface area contributed by atoms with Gasteiger partial charge in [-0.2, -0.15) is 0 Å². The summed E-state index contributed by atoms with van der Waals surface area (Å²) < 4.78 is -1.38. The van der Waals surface area contributed by atoms with Crippen molar-refractivity contribution in [1.29, 1.82) is 0 Å². The molecule has 0 spiro atoms. The largest absolute Gasteiger partial charge is 0.327 e. The van der Waals surface area contributed by atoms with Crippen LogP contribution in [0.5, 0.6) is 0 Å². The molecule has 0 heterocycles. The Morgan fingerprint density at radius 2 is 2.12 bits per heavy atom. The molecule has 0 atom stereocenters. The predicted octanol–water partition coefficient (Wildman–Crippen LogP) is 0.708. The number of hydrogen-bond donors (Lipinski definition) is 1. The van der Waals surface area contributed by atoms with Crippen LogP contribution in [0.15, 0.2) is 0 Å². The van der Waals surface area contributed by atoms with Crippen LogP contribution in [0.3, 0.4) is 0 Å². The van der Waals surface area contributed by atoms with Gasteiger partial charge < -0.3 is 5.73 Å². The van der Waals surface area contributed by atoms with Crippen LogP contribution in [0.4, 0.5) is 0 Å². The van der Waals surface area contributed by atoms with E-state index in [0.717, 1.165) is 0 Å². The Morgan fingerprint density at radius 3 is 2.12 bits per heavy atom. The third-order valence-electron chi connectivity index (χ3n) is 0.771. The first-order valence-corrected chi connectivity index (χ1v) is 2.85. The third kappa shape index (κ3) is 1.99. The molecule has 8 heavy (non-hydrogen) atoms. The molecule has 0 radical (unpaired) electrons. The summed E-state index contributed by atoms with van der Waals surface area (Å²) >= 11 is 10.7. The van der Waals surface area contributed by atoms with Crippen LogP contribution < -0.4 is 5.73 Å². The van der Waals surface area contributed by atoms with Crippen molar-refractivity contribution < 1.29 is 4.79 Å². The fourth-order valence-electron chi connectivity index (χ4n) is 0.144. The SMILES string of the molecule is CC(=O)C(Cl)(Cl)CN. The molecule has 0 aliphatic heterocycles. The standard InChI is InChI=1S/C4H7Cl2NO/c1-3(8)4(5,6)2-7/h2,7H2,1H3. The Bertz CT molecular complexity index is 102. The number of carbonyl (C=O) groups is 1. The van der Waals surface area contributed by atoms with Crippen LogP contribution in [0.25, 0.3) is 0 Å². The van der Waals surface area contributed by atoms with Crippen molar-refractivity contribution >= 4 is 29.0 Å². The summed E-state index contributed by atoms with van der Waals surface area (Å²) in [5, 5.41) is 0. The van der Waals surface area contributed by atoms with Crippen molar-refractivity contribution in [2.24, 2.45) is 5.73 Å². The minimum atomic E-state index is -1.38. The highest BCUT2D eigenvalue weighted by Crippen LogP contribution is 2.19. The molecule has 0 unspecified atom stereocenters. The van der Waals surface area contributed by atoms with Crippen LogP contribution in [-0.4, -0.2) is 16.7 Å². The van der Waals surface area contributed by atoms with Gasteiger partial charge in [-0.15, -0.1) is 0 Å². The van der Waals surface area contributed by atoms with Gasteiger partial charge in [-0.25, -0.2) is 0 Å². The van der Waals surface area contributed by atoms with E-state index in [9.17, 15) is 4.79 Å². The molecule has 0 aliphatic rings. The number of ketones is 1. The molecule has 2 nitrogen and oxygen atoms in total. The van der Waals surface area contributed by atoms with E-state index >= 15 is 0 Å². The minimum Gasteiger partial charge on any atom is -0.327 e. The normalized spacial score (nSPS) is 11.5. The highest BCUT2D eigenvalue weighted by atomic mass is 35.5. The van der Waals surface area contributed by atoms with Gasteiger partial charge in [-0.1, -0.05) is 23.2 Å². The number of alkyl halides is 2. The van der Waals surface area contributed by atoms with Gasteiger partial charge in [-0.05, 0) is 6.92 Å². The summed E-state index contributed by atoms with van der Waals surface area (Å²) in [5.74, 6) is -0.316. The number of carbonyl (C=O) groups excluding carboxylic acids is 1. The molecule has 0 bridgehead atoms. The monoisotopic (exact) mass is 155 g/mol. The first kappa shape index (κ1) is 8.21. The van der Waals surface area contributed by atoms with Crippen molar-refractivity contribution in [1.82, 2.24) is 0 Å². The maximum absolute atomic E-state index is 10.4. The highest BCUT2D eigenvalue weighted by molar-refractivity contribution is 6.58. The molecule has 0 aliphatic carbocycles. The van der Waals surface area contributed by atoms with Gasteiger partial charge in [0.1, 0.15) is 0 Å². The highest BCUT2D eigenvalue weighted by Gasteiger charge is 2.27. The lowest BCUT2D eigenvalue weighted by molar-refractivity contribution is -0.117. The van der Waals surface area contributed by atoms with Gasteiger partial charge in [0.25, 0.3) is 0 Å². The van der Waals surface area contributed by atoms with E-state index in [-0.39, 0.29) is 12.3 Å². The summed E-state index contributed by atoms with van der Waals surface area (Å²) in [4.78, 5) is 10.4. The number of hydrogen-bond acceptors (Lipinski definition) is 2. The second-order valence-corrected chi connectivity index (χ2v) is 2.95. The summed E-state index contributed by atoms with van der Waals surface area (Å²) in [7, 11) is 0. The van der Waals surface area contributed by atoms with Crippen molar-refractivity contribution in [3.05, 3.63) is 0 Å². The third-order valence-corrected chi connectivity index (χ3v) is 1.61. The number of nitrogens with two attached hydrogens (primary N) is 1. The summed E-state index contributed by atoms with van der Waals surface area (Å²) in [6.07, 6.45) is 0. The molecule has 0 rings (SSSR count). The quantitative estimate of drug-likeness (QED) is 0.598. The molecule has 0 amide bonds. The van der Waals surface area contributed by atoms with Crippen molar-refractivity contribution in [3.8, 4) is 0 Å². The maximum Gasteiger partial charge on any atom is 0.187 e. The average Bonchev–Trinajstić information content (AvgIpc) is 1.67. The maximum atomic E-state index is 10.4. The van der Waals surface area contributed by atoms with Crippen LogP contribution in [-0.2, 0) is 4.79 Å². The van der Waals surface area contributed by atoms with Gasteiger partial charge >= 0.3 is 0 Å². The zero-order valence-corrected chi connectivity index (χ0v) is 5.96. The molecular formula is C4H7Cl2NO. The Hall–Kier alpha value is 0.210. The Kier molecular flexibility index (Phi) is 2.74. The molecule has 0 saturated carbocycles. The van der Waals surface area contributed by atoms with Gasteiger partial charge in [0.05, 0.1) is 0 Å². The lowest BCUT2D eigenvalue weighted by atomic mass is 10.3. The molecule has 0 saturated heterocycles. The fraction of sp³-hybridized carbons (Fsp3) is 0.750. The zero-order chi connectivity index (χ0) is 6.78. The van der Waals surface area contributed by atoms with E-state index in [4.69, 9.17) is 28.9 Å². The van der Waals surface area contributed by atoms with E-state index in [0.29, 0.717) is 0 Å². The van der Waals surface area contributed by atoms with Gasteiger partial charge in [-0.3, -0.25) is 4.79 Å². The smallest absolute Gasteiger partial charge is 0.187 e. The molecule has 0 fully saturated rings. The fourth-order valence-corrected chi connectivity index (χ4v) is 0.144. The minimum absolute atomic E-state index is 0.0363. The second-order valence-electron chi connectivity index (χ2n) is 1.46. The lowest BCUT2D eigenvalue weighted by Crippen LogP contribution is -2.32. The molecule has 2 N–H and O–H groups in total. The zero-order valence-electron chi connectivity index (χ0n) is 4.45. The summed E-state index contributed by atoms with van der Waals surface area (Å²) in [6.45, 7) is 1.26. The molecular weight excluding hydrogens is 149 g/mol. The van der Waals surface area contributed by atoms with Crippen LogP contribution in [0.2, 0.25) is 0 Å². The van der Waals surface area contributed by atoms with Crippen LogP contribution >= 0.6 is 23.2 Å². The molecule has 4 heteroatoms. The second kappa shape index (κ2) is 2.67. The first-order valence-electron chi connectivity index (χ1n) is 2.09. The Morgan fingerprint density at radius 1 is 1.75 bits per heavy atom. The van der Waals surface area contributed by atoms with Crippen molar-refractivity contribution in [2.45, 2.75) is 11.3 Å². The topological polar surface area (TPSA) is 43.1 Å². The van der Waals surface area contributed by atoms with Gasteiger partial charge in [0.2, 0.25) is 0 Å². The van der Waals surface area contributed by atoms with Crippen molar-refractivity contribution in [3.63, 3.8) is 0 Å². The van der Waals surface area contributed by atoms with Crippen molar-refractivity contribution in [2.75, 3.05) is 6.54 Å². The van der Waals surface area contributed by atoms with E-state index < -0.39 is 4.33 Å². The number of halogens is 2. The van der Waals surface area contributed by atoms with Crippen LogP contribution in [0.1, 0.15) is 6.92 Å². The average molecular weight is 156 g/mol. The lowest BCUT2D eigenvalue weighted by Gasteiger charge is -2.10. The molecule has 0 aromatic rings. The van der Waals surface area contributed by atoms with E-state index in [2.05, 4.69) is 0 Å².